The van der Waals surface area contributed by atoms with Gasteiger partial charge in [-0.25, -0.2) is 4.79 Å². The minimum Gasteiger partial charge on any atom is -0.441 e. The highest BCUT2D eigenvalue weighted by molar-refractivity contribution is 6.31. The first-order chi connectivity index (χ1) is 9.54. The second-order valence-electron chi connectivity index (χ2n) is 4.57. The maximum Gasteiger partial charge on any atom is 0.405 e. The minimum absolute atomic E-state index is 0.158. The molecule has 0 aliphatic heterocycles. The fraction of sp³-hybridized carbons (Fsp3) is 0.500. The third-order valence-corrected chi connectivity index (χ3v) is 3.07. The summed E-state index contributed by atoms with van der Waals surface area (Å²) < 4.78 is 15.3. The van der Waals surface area contributed by atoms with Crippen molar-refractivity contribution in [3.8, 4) is 0 Å². The van der Waals surface area contributed by atoms with Crippen molar-refractivity contribution in [2.75, 3.05) is 20.5 Å². The van der Waals surface area contributed by atoms with E-state index in [4.69, 9.17) is 31.5 Å². The molecule has 0 aromatic heterocycles. The number of benzene rings is 1. The highest BCUT2D eigenvalue weighted by Crippen LogP contribution is 2.30. The van der Waals surface area contributed by atoms with E-state index in [1.807, 2.05) is 25.1 Å². The number of hydrogen-bond donors (Lipinski definition) is 1. The van der Waals surface area contributed by atoms with Crippen molar-refractivity contribution < 1.29 is 19.0 Å². The van der Waals surface area contributed by atoms with Crippen LogP contribution in [-0.4, -0.2) is 26.6 Å². The summed E-state index contributed by atoms with van der Waals surface area (Å²) in [5.41, 5.74) is 5.86. The highest BCUT2D eigenvalue weighted by atomic mass is 35.5. The van der Waals surface area contributed by atoms with Crippen LogP contribution in [0, 0.1) is 5.92 Å². The Kier molecular flexibility index (Phi) is 7.36. The van der Waals surface area contributed by atoms with Crippen molar-refractivity contribution in [1.82, 2.24) is 0 Å². The van der Waals surface area contributed by atoms with Crippen LogP contribution in [0.3, 0.4) is 0 Å². The number of carbonyl (C=O) groups excluding carboxylic acids is 1. The summed E-state index contributed by atoms with van der Waals surface area (Å²) in [6.07, 6.45) is -0.738. The standard InChI is InChI=1S/C14H20ClNO4/c1-10(8-19-9-18-2)7-13(20-14(16)17)11-5-3-4-6-12(11)15/h3-6,10,13H,7-9H2,1-2H3,(H2,16,17)/t10-,13?/m0/s1. The zero-order chi connectivity index (χ0) is 15.0. The van der Waals surface area contributed by atoms with Crippen molar-refractivity contribution in [3.05, 3.63) is 34.9 Å². The first-order valence-electron chi connectivity index (χ1n) is 6.31. The van der Waals surface area contributed by atoms with E-state index in [1.165, 1.54) is 0 Å². The van der Waals surface area contributed by atoms with Gasteiger partial charge in [0.1, 0.15) is 12.9 Å². The van der Waals surface area contributed by atoms with Gasteiger partial charge in [-0.15, -0.1) is 0 Å². The van der Waals surface area contributed by atoms with E-state index in [0.717, 1.165) is 5.56 Å². The Morgan fingerprint density at radius 1 is 1.40 bits per heavy atom. The molecule has 2 atom stereocenters. The number of amides is 1. The van der Waals surface area contributed by atoms with E-state index in [2.05, 4.69) is 0 Å². The van der Waals surface area contributed by atoms with Crippen molar-refractivity contribution in [2.24, 2.45) is 11.7 Å². The molecule has 112 valence electrons. The van der Waals surface area contributed by atoms with Gasteiger partial charge in [0.15, 0.2) is 0 Å². The predicted octanol–water partition coefficient (Wildman–Crippen LogP) is 3.12. The fourth-order valence-electron chi connectivity index (χ4n) is 1.88. The largest absolute Gasteiger partial charge is 0.441 e. The Bertz CT molecular complexity index is 427. The zero-order valence-electron chi connectivity index (χ0n) is 11.7. The van der Waals surface area contributed by atoms with E-state index in [9.17, 15) is 4.79 Å². The van der Waals surface area contributed by atoms with Crippen molar-refractivity contribution in [3.63, 3.8) is 0 Å². The monoisotopic (exact) mass is 301 g/mol. The van der Waals surface area contributed by atoms with Crippen LogP contribution in [-0.2, 0) is 14.2 Å². The normalized spacial score (nSPS) is 13.8. The van der Waals surface area contributed by atoms with Gasteiger partial charge in [-0.05, 0) is 18.4 Å². The molecular formula is C14H20ClNO4. The van der Waals surface area contributed by atoms with Crippen LogP contribution in [0.15, 0.2) is 24.3 Å². The van der Waals surface area contributed by atoms with Gasteiger partial charge >= 0.3 is 6.09 Å². The lowest BCUT2D eigenvalue weighted by molar-refractivity contribution is -0.0465. The topological polar surface area (TPSA) is 70.8 Å². The summed E-state index contributed by atoms with van der Waals surface area (Å²) in [6.45, 7) is 2.72. The average Bonchev–Trinajstić information content (AvgIpc) is 2.38. The molecular weight excluding hydrogens is 282 g/mol. The molecule has 0 aliphatic rings. The SMILES string of the molecule is COCOC[C@@H](C)CC(OC(N)=O)c1ccccc1Cl. The van der Waals surface area contributed by atoms with E-state index < -0.39 is 12.2 Å². The molecule has 1 rings (SSSR count). The number of carbonyl (C=O) groups is 1. The summed E-state index contributed by atoms with van der Waals surface area (Å²) in [6, 6.07) is 7.22. The Hall–Kier alpha value is -1.30. The van der Waals surface area contributed by atoms with Crippen LogP contribution in [0.1, 0.15) is 25.0 Å². The number of hydrogen-bond acceptors (Lipinski definition) is 4. The van der Waals surface area contributed by atoms with Gasteiger partial charge in [-0.2, -0.15) is 0 Å². The molecule has 2 N–H and O–H groups in total. The Morgan fingerprint density at radius 2 is 2.10 bits per heavy atom. The van der Waals surface area contributed by atoms with Crippen LogP contribution < -0.4 is 5.73 Å². The zero-order valence-corrected chi connectivity index (χ0v) is 12.4. The van der Waals surface area contributed by atoms with E-state index in [1.54, 1.807) is 13.2 Å². The van der Waals surface area contributed by atoms with Crippen molar-refractivity contribution in [2.45, 2.75) is 19.4 Å². The van der Waals surface area contributed by atoms with Crippen LogP contribution >= 0.6 is 11.6 Å². The molecule has 0 saturated heterocycles. The molecule has 0 radical (unpaired) electrons. The third kappa shape index (κ3) is 5.77. The molecule has 1 aromatic rings. The summed E-state index contributed by atoms with van der Waals surface area (Å²) in [7, 11) is 1.56. The van der Waals surface area contributed by atoms with Crippen molar-refractivity contribution in [1.29, 1.82) is 0 Å². The minimum atomic E-state index is -0.820. The third-order valence-electron chi connectivity index (χ3n) is 2.73. The van der Waals surface area contributed by atoms with Crippen LogP contribution in [0.25, 0.3) is 0 Å². The Morgan fingerprint density at radius 3 is 2.70 bits per heavy atom. The lowest BCUT2D eigenvalue weighted by atomic mass is 9.98. The van der Waals surface area contributed by atoms with Gasteiger partial charge in [-0.3, -0.25) is 0 Å². The molecule has 0 aliphatic carbocycles. The summed E-state index contributed by atoms with van der Waals surface area (Å²) >= 11 is 6.13. The molecule has 5 nitrogen and oxygen atoms in total. The fourth-order valence-corrected chi connectivity index (χ4v) is 2.14. The molecule has 0 bridgehead atoms. The van der Waals surface area contributed by atoms with E-state index in [0.29, 0.717) is 18.1 Å². The van der Waals surface area contributed by atoms with Gasteiger partial charge in [0.2, 0.25) is 0 Å². The molecule has 0 saturated carbocycles. The smallest absolute Gasteiger partial charge is 0.405 e. The Balaban J connectivity index is 2.70. The lowest BCUT2D eigenvalue weighted by Crippen LogP contribution is -2.20. The predicted molar refractivity (Wildman–Crippen MR) is 76.5 cm³/mol. The maximum absolute atomic E-state index is 11.0. The molecule has 1 amide bonds. The molecule has 1 aromatic carbocycles. The average molecular weight is 302 g/mol. The van der Waals surface area contributed by atoms with Crippen LogP contribution in [0.2, 0.25) is 5.02 Å². The molecule has 1 unspecified atom stereocenters. The number of ether oxygens (including phenoxy) is 3. The Labute approximate surface area is 123 Å². The maximum atomic E-state index is 11.0. The second-order valence-corrected chi connectivity index (χ2v) is 4.97. The second kappa shape index (κ2) is 8.79. The number of nitrogens with two attached hydrogens (primary N) is 1. The van der Waals surface area contributed by atoms with Gasteiger partial charge in [0, 0.05) is 17.7 Å². The van der Waals surface area contributed by atoms with E-state index in [-0.39, 0.29) is 12.7 Å². The summed E-state index contributed by atoms with van der Waals surface area (Å²) in [5, 5.41) is 0.545. The van der Waals surface area contributed by atoms with Gasteiger partial charge in [-0.1, -0.05) is 36.7 Å². The molecule has 20 heavy (non-hydrogen) atoms. The first kappa shape index (κ1) is 16.8. The number of methoxy groups -OCH3 is 1. The van der Waals surface area contributed by atoms with Gasteiger partial charge in [0.25, 0.3) is 0 Å². The number of halogens is 1. The van der Waals surface area contributed by atoms with Gasteiger partial charge in [0.05, 0.1) is 6.61 Å². The van der Waals surface area contributed by atoms with Crippen LogP contribution in [0.5, 0.6) is 0 Å². The molecule has 0 spiro atoms. The van der Waals surface area contributed by atoms with E-state index >= 15 is 0 Å². The molecule has 0 heterocycles. The lowest BCUT2D eigenvalue weighted by Gasteiger charge is -2.21. The summed E-state index contributed by atoms with van der Waals surface area (Å²) in [4.78, 5) is 11.0. The first-order valence-corrected chi connectivity index (χ1v) is 6.69. The summed E-state index contributed by atoms with van der Waals surface area (Å²) in [5.74, 6) is 0.158. The highest BCUT2D eigenvalue weighted by Gasteiger charge is 2.21. The van der Waals surface area contributed by atoms with Gasteiger partial charge < -0.3 is 19.9 Å². The molecule has 0 fully saturated rings. The molecule has 6 heteroatoms. The number of rotatable bonds is 8. The van der Waals surface area contributed by atoms with Crippen molar-refractivity contribution >= 4 is 17.7 Å². The van der Waals surface area contributed by atoms with Crippen LogP contribution in [0.4, 0.5) is 4.79 Å². The quantitative estimate of drug-likeness (QED) is 0.591. The number of primary amides is 1.